The van der Waals surface area contributed by atoms with Gasteiger partial charge in [0, 0.05) is 10.0 Å². The number of nitrogens with zero attached hydrogens (tertiary/aromatic N) is 1. The van der Waals surface area contributed by atoms with E-state index in [0.717, 1.165) is 10.0 Å². The molecule has 2 aromatic rings. The van der Waals surface area contributed by atoms with Gasteiger partial charge in [-0.1, -0.05) is 21.1 Å². The summed E-state index contributed by atoms with van der Waals surface area (Å²) in [6.45, 7) is 7.19. The van der Waals surface area contributed by atoms with Crippen molar-refractivity contribution < 1.29 is 14.1 Å². The SMILES string of the molecule is CN.Cc1noc(-c2ccc(Br)cc2)c1NC(=O)OC(C)(C)C. The van der Waals surface area contributed by atoms with Crippen LogP contribution in [-0.2, 0) is 4.74 Å². The highest BCUT2D eigenvalue weighted by Crippen LogP contribution is 2.31. The highest BCUT2D eigenvalue weighted by atomic mass is 79.9. The van der Waals surface area contributed by atoms with E-state index in [9.17, 15) is 4.79 Å². The highest BCUT2D eigenvalue weighted by molar-refractivity contribution is 9.10. The number of anilines is 1. The second kappa shape index (κ2) is 8.12. The van der Waals surface area contributed by atoms with Gasteiger partial charge in [0.25, 0.3) is 0 Å². The highest BCUT2D eigenvalue weighted by Gasteiger charge is 2.21. The fourth-order valence-electron chi connectivity index (χ4n) is 1.72. The first kappa shape index (κ1) is 19.2. The number of ether oxygens (including phenoxy) is 1. The summed E-state index contributed by atoms with van der Waals surface area (Å²) in [7, 11) is 1.50. The summed E-state index contributed by atoms with van der Waals surface area (Å²) in [5, 5.41) is 6.61. The van der Waals surface area contributed by atoms with Crippen LogP contribution >= 0.6 is 15.9 Å². The molecule has 1 amide bonds. The molecule has 0 aliphatic rings. The number of nitrogens with one attached hydrogen (secondary N) is 1. The number of rotatable bonds is 2. The standard InChI is InChI=1S/C15H17BrN2O3.CH5N/c1-9-12(17-14(19)20-15(2,3)4)13(21-18-9)10-5-7-11(16)8-6-10;1-2/h5-8H,1-4H3,(H,17,19);2H2,1H3. The van der Waals surface area contributed by atoms with Crippen LogP contribution in [0.5, 0.6) is 0 Å². The molecule has 3 N–H and O–H groups in total. The number of hydrogen-bond donors (Lipinski definition) is 2. The summed E-state index contributed by atoms with van der Waals surface area (Å²) >= 11 is 3.38. The summed E-state index contributed by atoms with van der Waals surface area (Å²) in [5.41, 5.74) is 5.88. The molecule has 2 rings (SSSR count). The zero-order valence-corrected chi connectivity index (χ0v) is 15.5. The lowest BCUT2D eigenvalue weighted by molar-refractivity contribution is 0.0636. The lowest BCUT2D eigenvalue weighted by Gasteiger charge is -2.19. The van der Waals surface area contributed by atoms with Crippen molar-refractivity contribution in [3.05, 3.63) is 34.4 Å². The Labute approximate surface area is 144 Å². The largest absolute Gasteiger partial charge is 0.444 e. The molecule has 0 spiro atoms. The van der Waals surface area contributed by atoms with E-state index in [-0.39, 0.29) is 0 Å². The third-order valence-electron chi connectivity index (χ3n) is 2.60. The first-order chi connectivity index (χ1) is 10.8. The number of halogens is 1. The van der Waals surface area contributed by atoms with Crippen LogP contribution in [0.2, 0.25) is 0 Å². The lowest BCUT2D eigenvalue weighted by atomic mass is 10.1. The summed E-state index contributed by atoms with van der Waals surface area (Å²) in [6.07, 6.45) is -0.535. The molecule has 1 heterocycles. The van der Waals surface area contributed by atoms with Gasteiger partial charge in [-0.25, -0.2) is 4.79 Å². The van der Waals surface area contributed by atoms with Crippen LogP contribution in [0.25, 0.3) is 11.3 Å². The Morgan fingerprint density at radius 1 is 1.26 bits per heavy atom. The maximum absolute atomic E-state index is 11.9. The quantitative estimate of drug-likeness (QED) is 0.804. The van der Waals surface area contributed by atoms with Gasteiger partial charge >= 0.3 is 6.09 Å². The van der Waals surface area contributed by atoms with E-state index in [1.165, 1.54) is 7.05 Å². The molecular weight excluding hydrogens is 362 g/mol. The maximum Gasteiger partial charge on any atom is 0.412 e. The molecule has 0 saturated carbocycles. The summed E-state index contributed by atoms with van der Waals surface area (Å²) in [6, 6.07) is 7.55. The predicted octanol–water partition coefficient (Wildman–Crippen LogP) is 4.33. The molecule has 1 aromatic heterocycles. The first-order valence-corrected chi connectivity index (χ1v) is 7.85. The average Bonchev–Trinajstić information content (AvgIpc) is 2.81. The second-order valence-corrected chi connectivity index (χ2v) is 6.52. The molecule has 0 bridgehead atoms. The number of aryl methyl sites for hydroxylation is 1. The third kappa shape index (κ3) is 5.69. The Bertz CT molecular complexity index is 646. The molecule has 1 aromatic carbocycles. The molecule has 7 heteroatoms. The molecule has 126 valence electrons. The number of amides is 1. The van der Waals surface area contributed by atoms with Crippen LogP contribution in [0, 0.1) is 6.92 Å². The number of carbonyl (C=O) groups is 1. The van der Waals surface area contributed by atoms with Crippen LogP contribution in [0.4, 0.5) is 10.5 Å². The average molecular weight is 384 g/mol. The van der Waals surface area contributed by atoms with Crippen molar-refractivity contribution in [1.29, 1.82) is 0 Å². The van der Waals surface area contributed by atoms with Crippen LogP contribution in [0.15, 0.2) is 33.3 Å². The topological polar surface area (TPSA) is 90.4 Å². The van der Waals surface area contributed by atoms with Crippen LogP contribution in [-0.4, -0.2) is 23.9 Å². The van der Waals surface area contributed by atoms with Gasteiger partial charge in [0.1, 0.15) is 17.0 Å². The van der Waals surface area contributed by atoms with Gasteiger partial charge in [-0.05, 0) is 59.0 Å². The number of carbonyl (C=O) groups excluding carboxylic acids is 1. The van der Waals surface area contributed by atoms with Crippen LogP contribution < -0.4 is 11.1 Å². The van der Waals surface area contributed by atoms with Gasteiger partial charge in [0.2, 0.25) is 0 Å². The Morgan fingerprint density at radius 2 is 1.83 bits per heavy atom. The van der Waals surface area contributed by atoms with Crippen molar-refractivity contribution in [2.75, 3.05) is 12.4 Å². The summed E-state index contributed by atoms with van der Waals surface area (Å²) in [5.74, 6) is 0.505. The number of aromatic nitrogens is 1. The smallest absolute Gasteiger partial charge is 0.412 e. The van der Waals surface area contributed by atoms with Crippen molar-refractivity contribution in [2.45, 2.75) is 33.3 Å². The maximum atomic E-state index is 11.9. The molecule has 0 fully saturated rings. The molecule has 0 saturated heterocycles. The Morgan fingerprint density at radius 3 is 2.35 bits per heavy atom. The van der Waals surface area contributed by atoms with Gasteiger partial charge in [-0.3, -0.25) is 5.32 Å². The second-order valence-electron chi connectivity index (χ2n) is 5.61. The number of benzene rings is 1. The van der Waals surface area contributed by atoms with Gasteiger partial charge in [-0.15, -0.1) is 0 Å². The fraction of sp³-hybridized carbons (Fsp3) is 0.375. The zero-order valence-electron chi connectivity index (χ0n) is 13.9. The van der Waals surface area contributed by atoms with E-state index < -0.39 is 11.7 Å². The Kier molecular flexibility index (Phi) is 6.78. The third-order valence-corrected chi connectivity index (χ3v) is 3.12. The van der Waals surface area contributed by atoms with E-state index in [1.807, 2.05) is 45.0 Å². The van der Waals surface area contributed by atoms with Crippen LogP contribution in [0.1, 0.15) is 26.5 Å². The molecular formula is C16H22BrN3O3. The minimum absolute atomic E-state index is 0.505. The Hall–Kier alpha value is -1.86. The Balaban J connectivity index is 0.00000127. The molecule has 0 atom stereocenters. The van der Waals surface area contributed by atoms with Crippen molar-refractivity contribution >= 4 is 27.7 Å². The van der Waals surface area contributed by atoms with E-state index in [1.54, 1.807) is 6.92 Å². The van der Waals surface area contributed by atoms with Crippen molar-refractivity contribution in [1.82, 2.24) is 5.16 Å². The molecule has 0 radical (unpaired) electrons. The van der Waals surface area contributed by atoms with Crippen LogP contribution in [0.3, 0.4) is 0 Å². The number of hydrogen-bond acceptors (Lipinski definition) is 5. The van der Waals surface area contributed by atoms with E-state index in [0.29, 0.717) is 17.1 Å². The minimum atomic E-state index is -0.563. The first-order valence-electron chi connectivity index (χ1n) is 7.06. The van der Waals surface area contributed by atoms with Crippen molar-refractivity contribution in [2.24, 2.45) is 5.73 Å². The molecule has 0 aliphatic heterocycles. The van der Waals surface area contributed by atoms with Crippen molar-refractivity contribution in [3.8, 4) is 11.3 Å². The van der Waals surface area contributed by atoms with Crippen molar-refractivity contribution in [3.63, 3.8) is 0 Å². The molecule has 0 aliphatic carbocycles. The zero-order chi connectivity index (χ0) is 17.6. The van der Waals surface area contributed by atoms with E-state index in [4.69, 9.17) is 9.26 Å². The molecule has 0 unspecified atom stereocenters. The van der Waals surface area contributed by atoms with E-state index >= 15 is 0 Å². The molecule has 23 heavy (non-hydrogen) atoms. The van der Waals surface area contributed by atoms with E-state index in [2.05, 4.69) is 32.1 Å². The monoisotopic (exact) mass is 383 g/mol. The normalized spacial score (nSPS) is 10.6. The molecule has 6 nitrogen and oxygen atoms in total. The fourth-order valence-corrected chi connectivity index (χ4v) is 1.99. The van der Waals surface area contributed by atoms with Gasteiger partial charge in [0.15, 0.2) is 5.76 Å². The van der Waals surface area contributed by atoms with Gasteiger partial charge in [-0.2, -0.15) is 0 Å². The van der Waals surface area contributed by atoms with Gasteiger partial charge < -0.3 is 15.0 Å². The summed E-state index contributed by atoms with van der Waals surface area (Å²) < 4.78 is 11.5. The summed E-state index contributed by atoms with van der Waals surface area (Å²) in [4.78, 5) is 11.9. The minimum Gasteiger partial charge on any atom is -0.444 e. The number of nitrogens with two attached hydrogens (primary N) is 1. The van der Waals surface area contributed by atoms with Gasteiger partial charge in [0.05, 0.1) is 0 Å². The predicted molar refractivity (Wildman–Crippen MR) is 94.3 cm³/mol. The lowest BCUT2D eigenvalue weighted by Crippen LogP contribution is -2.27.